The molecule has 1 heterocycles. The molecule has 5 heteroatoms. The smallest absolute Gasteiger partial charge is 0.250 e. The monoisotopic (exact) mass is 239 g/mol. The molecule has 0 aliphatic heterocycles. The zero-order valence-corrected chi connectivity index (χ0v) is 10.6. The molecule has 0 unspecified atom stereocenters. The van der Waals surface area contributed by atoms with Crippen molar-refractivity contribution in [1.82, 2.24) is 9.47 Å². The Kier molecular flexibility index (Phi) is 5.72. The van der Waals surface area contributed by atoms with Gasteiger partial charge in [0.1, 0.15) is 0 Å². The van der Waals surface area contributed by atoms with Crippen molar-refractivity contribution < 1.29 is 4.74 Å². The Morgan fingerprint density at radius 1 is 1.41 bits per heavy atom. The van der Waals surface area contributed by atoms with Crippen LogP contribution in [-0.4, -0.2) is 42.8 Å². The highest BCUT2D eigenvalue weighted by atomic mass is 16.5. The number of anilines is 1. The van der Waals surface area contributed by atoms with Crippen LogP contribution in [0.5, 0.6) is 0 Å². The van der Waals surface area contributed by atoms with Gasteiger partial charge in [0.25, 0.3) is 5.56 Å². The maximum atomic E-state index is 11.5. The van der Waals surface area contributed by atoms with E-state index in [0.717, 1.165) is 26.3 Å². The standard InChI is InChI=1S/C12H21N3O2/c1-3-17-9-8-14(2)6-7-15-10-11(13)4-5-12(15)16/h4-5,10H,3,6-9,13H2,1-2H3. The number of rotatable bonds is 7. The molecule has 1 rings (SSSR count). The summed E-state index contributed by atoms with van der Waals surface area (Å²) >= 11 is 0. The largest absolute Gasteiger partial charge is 0.398 e. The van der Waals surface area contributed by atoms with Crippen molar-refractivity contribution in [1.29, 1.82) is 0 Å². The van der Waals surface area contributed by atoms with Crippen molar-refractivity contribution in [2.45, 2.75) is 13.5 Å². The minimum absolute atomic E-state index is 0.0163. The van der Waals surface area contributed by atoms with Crippen molar-refractivity contribution in [3.63, 3.8) is 0 Å². The molecular formula is C12H21N3O2. The van der Waals surface area contributed by atoms with Crippen molar-refractivity contribution in [2.75, 3.05) is 39.1 Å². The quantitative estimate of drug-likeness (QED) is 0.700. The van der Waals surface area contributed by atoms with Crippen molar-refractivity contribution >= 4 is 5.69 Å². The summed E-state index contributed by atoms with van der Waals surface area (Å²) in [6.07, 6.45) is 1.68. The minimum atomic E-state index is -0.0163. The van der Waals surface area contributed by atoms with E-state index in [2.05, 4.69) is 4.90 Å². The minimum Gasteiger partial charge on any atom is -0.398 e. The van der Waals surface area contributed by atoms with Gasteiger partial charge >= 0.3 is 0 Å². The number of likely N-dealkylation sites (N-methyl/N-ethyl adjacent to an activating group) is 1. The molecule has 0 radical (unpaired) electrons. The molecule has 96 valence electrons. The Morgan fingerprint density at radius 3 is 2.88 bits per heavy atom. The van der Waals surface area contributed by atoms with Crippen LogP contribution in [0.1, 0.15) is 6.92 Å². The number of ether oxygens (including phenoxy) is 1. The number of pyridine rings is 1. The van der Waals surface area contributed by atoms with Gasteiger partial charge in [-0.25, -0.2) is 0 Å². The second-order valence-electron chi connectivity index (χ2n) is 3.99. The van der Waals surface area contributed by atoms with E-state index in [0.29, 0.717) is 12.2 Å². The third-order valence-corrected chi connectivity index (χ3v) is 2.55. The van der Waals surface area contributed by atoms with Crippen molar-refractivity contribution in [3.05, 3.63) is 28.7 Å². The van der Waals surface area contributed by atoms with Gasteiger partial charge in [-0.15, -0.1) is 0 Å². The SMILES string of the molecule is CCOCCN(C)CCn1cc(N)ccc1=O. The fourth-order valence-corrected chi connectivity index (χ4v) is 1.48. The van der Waals surface area contributed by atoms with Crippen LogP contribution >= 0.6 is 0 Å². The number of nitrogens with zero attached hydrogens (tertiary/aromatic N) is 2. The summed E-state index contributed by atoms with van der Waals surface area (Å²) in [5, 5.41) is 0. The Bertz CT molecular complexity index is 390. The van der Waals surface area contributed by atoms with Gasteiger partial charge in [0.2, 0.25) is 0 Å². The zero-order valence-electron chi connectivity index (χ0n) is 10.6. The van der Waals surface area contributed by atoms with Gasteiger partial charge in [0, 0.05) is 44.2 Å². The second-order valence-corrected chi connectivity index (χ2v) is 3.99. The first-order valence-corrected chi connectivity index (χ1v) is 5.85. The van der Waals surface area contributed by atoms with Crippen LogP contribution in [-0.2, 0) is 11.3 Å². The second kappa shape index (κ2) is 7.09. The van der Waals surface area contributed by atoms with Crippen molar-refractivity contribution in [3.8, 4) is 0 Å². The summed E-state index contributed by atoms with van der Waals surface area (Å²) in [4.78, 5) is 13.6. The molecule has 2 N–H and O–H groups in total. The average Bonchev–Trinajstić information content (AvgIpc) is 2.31. The molecule has 0 bridgehead atoms. The van der Waals surface area contributed by atoms with Gasteiger partial charge < -0.3 is 19.9 Å². The van der Waals surface area contributed by atoms with Crippen LogP contribution in [0.25, 0.3) is 0 Å². The molecule has 1 aromatic rings. The average molecular weight is 239 g/mol. The van der Waals surface area contributed by atoms with Gasteiger partial charge in [0.05, 0.1) is 6.61 Å². The third-order valence-electron chi connectivity index (χ3n) is 2.55. The molecule has 0 spiro atoms. The number of nitrogens with two attached hydrogens (primary N) is 1. The number of aromatic nitrogens is 1. The summed E-state index contributed by atoms with van der Waals surface area (Å²) in [5.41, 5.74) is 6.24. The highest BCUT2D eigenvalue weighted by Crippen LogP contribution is 1.96. The maximum Gasteiger partial charge on any atom is 0.250 e. The summed E-state index contributed by atoms with van der Waals surface area (Å²) < 4.78 is 6.90. The molecule has 17 heavy (non-hydrogen) atoms. The summed E-state index contributed by atoms with van der Waals surface area (Å²) in [6, 6.07) is 3.12. The first kappa shape index (κ1) is 13.7. The Morgan fingerprint density at radius 2 is 2.18 bits per heavy atom. The molecule has 0 aliphatic carbocycles. The molecular weight excluding hydrogens is 218 g/mol. The predicted octanol–water partition coefficient (Wildman–Crippen LogP) is 0.399. The lowest BCUT2D eigenvalue weighted by molar-refractivity contribution is 0.121. The van der Waals surface area contributed by atoms with E-state index in [1.807, 2.05) is 14.0 Å². The van der Waals surface area contributed by atoms with E-state index in [9.17, 15) is 4.79 Å². The van der Waals surface area contributed by atoms with Crippen LogP contribution in [0.4, 0.5) is 5.69 Å². The highest BCUT2D eigenvalue weighted by molar-refractivity contribution is 5.33. The summed E-state index contributed by atoms with van der Waals surface area (Å²) in [7, 11) is 2.01. The molecule has 0 fully saturated rings. The first-order chi connectivity index (χ1) is 8.13. The van der Waals surface area contributed by atoms with Crippen LogP contribution in [0.2, 0.25) is 0 Å². The van der Waals surface area contributed by atoms with E-state index in [4.69, 9.17) is 10.5 Å². The number of hydrogen-bond acceptors (Lipinski definition) is 4. The topological polar surface area (TPSA) is 60.5 Å². The fraction of sp³-hybridized carbons (Fsp3) is 0.583. The molecule has 0 aliphatic rings. The van der Waals surface area contributed by atoms with Gasteiger partial charge in [-0.2, -0.15) is 0 Å². The van der Waals surface area contributed by atoms with Gasteiger partial charge in [0.15, 0.2) is 0 Å². The molecule has 0 aromatic carbocycles. The lowest BCUT2D eigenvalue weighted by atomic mass is 10.4. The molecule has 5 nitrogen and oxygen atoms in total. The van der Waals surface area contributed by atoms with Crippen LogP contribution < -0.4 is 11.3 Å². The van der Waals surface area contributed by atoms with Crippen molar-refractivity contribution in [2.24, 2.45) is 0 Å². The Labute approximate surface area is 102 Å². The van der Waals surface area contributed by atoms with Gasteiger partial charge in [-0.1, -0.05) is 0 Å². The first-order valence-electron chi connectivity index (χ1n) is 5.85. The van der Waals surface area contributed by atoms with Gasteiger partial charge in [-0.05, 0) is 20.0 Å². The molecule has 0 amide bonds. The predicted molar refractivity (Wildman–Crippen MR) is 69.1 cm³/mol. The fourth-order valence-electron chi connectivity index (χ4n) is 1.48. The molecule has 0 atom stereocenters. The number of nitrogen functional groups attached to an aromatic ring is 1. The molecule has 0 saturated carbocycles. The summed E-state index contributed by atoms with van der Waals surface area (Å²) in [6.45, 7) is 5.75. The zero-order chi connectivity index (χ0) is 12.7. The number of hydrogen-bond donors (Lipinski definition) is 1. The summed E-state index contributed by atoms with van der Waals surface area (Å²) in [5.74, 6) is 0. The van der Waals surface area contributed by atoms with E-state index in [1.165, 1.54) is 6.07 Å². The van der Waals surface area contributed by atoms with E-state index >= 15 is 0 Å². The maximum absolute atomic E-state index is 11.5. The van der Waals surface area contributed by atoms with Crippen LogP contribution in [0.3, 0.4) is 0 Å². The Hall–Kier alpha value is -1.33. The lowest BCUT2D eigenvalue weighted by Crippen LogP contribution is -2.30. The van der Waals surface area contributed by atoms with E-state index in [-0.39, 0.29) is 5.56 Å². The van der Waals surface area contributed by atoms with Crippen LogP contribution in [0.15, 0.2) is 23.1 Å². The van der Waals surface area contributed by atoms with Crippen LogP contribution in [0, 0.1) is 0 Å². The van der Waals surface area contributed by atoms with E-state index in [1.54, 1.807) is 16.8 Å². The molecule has 0 saturated heterocycles. The molecule has 1 aromatic heterocycles. The van der Waals surface area contributed by atoms with Gasteiger partial charge in [-0.3, -0.25) is 4.79 Å². The Balaban J connectivity index is 2.39. The third kappa shape index (κ3) is 5.01. The highest BCUT2D eigenvalue weighted by Gasteiger charge is 2.00. The lowest BCUT2D eigenvalue weighted by Gasteiger charge is -2.17. The van der Waals surface area contributed by atoms with E-state index < -0.39 is 0 Å². The normalized spacial score (nSPS) is 11.0.